The summed E-state index contributed by atoms with van der Waals surface area (Å²) >= 11 is 0. The maximum absolute atomic E-state index is 3.64. The fourth-order valence-electron chi connectivity index (χ4n) is 2.59. The molecule has 2 nitrogen and oxygen atoms in total. The van der Waals surface area contributed by atoms with Gasteiger partial charge in [-0.15, -0.1) is 0 Å². The standard InChI is InChI=1S/C18H26N2/c1-4-11-20-12-7-10-18(20)14-19-16(3)13-17-9-6-5-8-15(17)2/h5-10,12,16,19H,4,11,13-14H2,1-3H3. The van der Waals surface area contributed by atoms with Crippen molar-refractivity contribution in [3.8, 4) is 0 Å². The van der Waals surface area contributed by atoms with Crippen LogP contribution in [0.5, 0.6) is 0 Å². The average molecular weight is 270 g/mol. The molecule has 0 bridgehead atoms. The molecule has 1 unspecified atom stereocenters. The molecule has 2 heteroatoms. The first-order valence-corrected chi connectivity index (χ1v) is 7.62. The van der Waals surface area contributed by atoms with E-state index >= 15 is 0 Å². The fraction of sp³-hybridized carbons (Fsp3) is 0.444. The van der Waals surface area contributed by atoms with Crippen molar-refractivity contribution in [3.63, 3.8) is 0 Å². The molecule has 0 spiro atoms. The molecule has 0 saturated carbocycles. The SMILES string of the molecule is CCCn1cccc1CNC(C)Cc1ccccc1C. The fourth-order valence-corrected chi connectivity index (χ4v) is 2.59. The Balaban J connectivity index is 1.87. The Morgan fingerprint density at radius 2 is 1.95 bits per heavy atom. The van der Waals surface area contributed by atoms with Crippen LogP contribution in [0.3, 0.4) is 0 Å². The number of nitrogens with one attached hydrogen (secondary N) is 1. The lowest BCUT2D eigenvalue weighted by Gasteiger charge is -2.16. The molecular weight excluding hydrogens is 244 g/mol. The lowest BCUT2D eigenvalue weighted by molar-refractivity contribution is 0.521. The van der Waals surface area contributed by atoms with Gasteiger partial charge in [-0.05, 0) is 49.9 Å². The van der Waals surface area contributed by atoms with Gasteiger partial charge < -0.3 is 9.88 Å². The van der Waals surface area contributed by atoms with E-state index in [0.29, 0.717) is 6.04 Å². The third-order valence-electron chi connectivity index (χ3n) is 3.81. The summed E-state index contributed by atoms with van der Waals surface area (Å²) in [5.41, 5.74) is 4.20. The van der Waals surface area contributed by atoms with E-state index < -0.39 is 0 Å². The van der Waals surface area contributed by atoms with Crippen molar-refractivity contribution in [2.24, 2.45) is 0 Å². The van der Waals surface area contributed by atoms with Gasteiger partial charge in [0.25, 0.3) is 0 Å². The maximum atomic E-state index is 3.64. The molecule has 0 saturated heterocycles. The van der Waals surface area contributed by atoms with Crippen LogP contribution >= 0.6 is 0 Å². The smallest absolute Gasteiger partial charge is 0.0361 e. The van der Waals surface area contributed by atoms with Crippen molar-refractivity contribution in [2.75, 3.05) is 0 Å². The van der Waals surface area contributed by atoms with E-state index in [4.69, 9.17) is 0 Å². The zero-order valence-electron chi connectivity index (χ0n) is 12.9. The Hall–Kier alpha value is -1.54. The Labute approximate surface area is 122 Å². The molecule has 0 aliphatic carbocycles. The summed E-state index contributed by atoms with van der Waals surface area (Å²) in [7, 11) is 0. The molecule has 2 rings (SSSR count). The molecular formula is C18H26N2. The van der Waals surface area contributed by atoms with E-state index in [1.165, 1.54) is 23.2 Å². The van der Waals surface area contributed by atoms with Crippen molar-refractivity contribution in [2.45, 2.75) is 52.7 Å². The first kappa shape index (κ1) is 14.9. The highest BCUT2D eigenvalue weighted by atomic mass is 15.0. The van der Waals surface area contributed by atoms with E-state index in [1.54, 1.807) is 0 Å². The number of hydrogen-bond donors (Lipinski definition) is 1. The van der Waals surface area contributed by atoms with Crippen LogP contribution in [0.15, 0.2) is 42.6 Å². The van der Waals surface area contributed by atoms with Crippen LogP contribution < -0.4 is 5.32 Å². The van der Waals surface area contributed by atoms with Gasteiger partial charge in [0, 0.05) is 31.0 Å². The maximum Gasteiger partial charge on any atom is 0.0361 e. The van der Waals surface area contributed by atoms with Gasteiger partial charge in [-0.1, -0.05) is 31.2 Å². The number of aryl methyl sites for hydroxylation is 2. The zero-order chi connectivity index (χ0) is 14.4. The normalized spacial score (nSPS) is 12.6. The minimum absolute atomic E-state index is 0.487. The third kappa shape index (κ3) is 3.97. The zero-order valence-corrected chi connectivity index (χ0v) is 12.9. The molecule has 0 fully saturated rings. The van der Waals surface area contributed by atoms with Crippen LogP contribution in [0, 0.1) is 6.92 Å². The number of nitrogens with zero attached hydrogens (tertiary/aromatic N) is 1. The number of hydrogen-bond acceptors (Lipinski definition) is 1. The van der Waals surface area contributed by atoms with Gasteiger partial charge in [0.1, 0.15) is 0 Å². The highest BCUT2D eigenvalue weighted by Gasteiger charge is 2.06. The Bertz CT molecular complexity index is 528. The molecule has 1 aromatic heterocycles. The summed E-state index contributed by atoms with van der Waals surface area (Å²) in [5, 5.41) is 3.64. The molecule has 2 aromatic rings. The predicted molar refractivity (Wildman–Crippen MR) is 85.9 cm³/mol. The first-order chi connectivity index (χ1) is 9.70. The second-order valence-corrected chi connectivity index (χ2v) is 5.61. The van der Waals surface area contributed by atoms with Gasteiger partial charge in [0.05, 0.1) is 0 Å². The summed E-state index contributed by atoms with van der Waals surface area (Å²) in [6.07, 6.45) is 4.44. The molecule has 1 aromatic carbocycles. The molecule has 1 N–H and O–H groups in total. The Morgan fingerprint density at radius 3 is 2.70 bits per heavy atom. The second-order valence-electron chi connectivity index (χ2n) is 5.61. The summed E-state index contributed by atoms with van der Waals surface area (Å²) in [5.74, 6) is 0. The molecule has 0 radical (unpaired) electrons. The molecule has 108 valence electrons. The van der Waals surface area contributed by atoms with E-state index in [2.05, 4.69) is 73.3 Å². The number of benzene rings is 1. The third-order valence-corrected chi connectivity index (χ3v) is 3.81. The van der Waals surface area contributed by atoms with Crippen molar-refractivity contribution in [1.82, 2.24) is 9.88 Å². The predicted octanol–water partition coefficient (Wildman–Crippen LogP) is 3.93. The second kappa shape index (κ2) is 7.30. The van der Waals surface area contributed by atoms with Crippen LogP contribution in [0.4, 0.5) is 0 Å². The molecule has 0 aliphatic rings. The van der Waals surface area contributed by atoms with Gasteiger partial charge in [0.15, 0.2) is 0 Å². The van der Waals surface area contributed by atoms with Crippen LogP contribution in [-0.2, 0) is 19.5 Å². The van der Waals surface area contributed by atoms with Crippen LogP contribution in [-0.4, -0.2) is 10.6 Å². The van der Waals surface area contributed by atoms with Gasteiger partial charge >= 0.3 is 0 Å². The number of aromatic nitrogens is 1. The lowest BCUT2D eigenvalue weighted by Crippen LogP contribution is -2.28. The lowest BCUT2D eigenvalue weighted by atomic mass is 10.0. The van der Waals surface area contributed by atoms with E-state index in [9.17, 15) is 0 Å². The molecule has 1 atom stereocenters. The molecule has 0 amide bonds. The monoisotopic (exact) mass is 270 g/mol. The molecule has 1 heterocycles. The van der Waals surface area contributed by atoms with Gasteiger partial charge in [-0.3, -0.25) is 0 Å². The van der Waals surface area contributed by atoms with Crippen LogP contribution in [0.25, 0.3) is 0 Å². The largest absolute Gasteiger partial charge is 0.350 e. The van der Waals surface area contributed by atoms with E-state index in [-0.39, 0.29) is 0 Å². The number of rotatable bonds is 7. The minimum Gasteiger partial charge on any atom is -0.350 e. The molecule has 0 aliphatic heterocycles. The van der Waals surface area contributed by atoms with Crippen LogP contribution in [0.1, 0.15) is 37.1 Å². The summed E-state index contributed by atoms with van der Waals surface area (Å²) < 4.78 is 2.34. The van der Waals surface area contributed by atoms with Gasteiger partial charge in [-0.2, -0.15) is 0 Å². The van der Waals surface area contributed by atoms with E-state index in [1.807, 2.05) is 0 Å². The quantitative estimate of drug-likeness (QED) is 0.806. The first-order valence-electron chi connectivity index (χ1n) is 7.62. The summed E-state index contributed by atoms with van der Waals surface area (Å²) in [6.45, 7) is 8.72. The van der Waals surface area contributed by atoms with Crippen molar-refractivity contribution in [1.29, 1.82) is 0 Å². The molecule has 20 heavy (non-hydrogen) atoms. The van der Waals surface area contributed by atoms with Crippen molar-refractivity contribution >= 4 is 0 Å². The van der Waals surface area contributed by atoms with Crippen LogP contribution in [0.2, 0.25) is 0 Å². The Kier molecular flexibility index (Phi) is 5.42. The topological polar surface area (TPSA) is 17.0 Å². The summed E-state index contributed by atoms with van der Waals surface area (Å²) in [4.78, 5) is 0. The van der Waals surface area contributed by atoms with Gasteiger partial charge in [-0.25, -0.2) is 0 Å². The summed E-state index contributed by atoms with van der Waals surface area (Å²) in [6, 6.07) is 13.5. The van der Waals surface area contributed by atoms with Crippen molar-refractivity contribution < 1.29 is 0 Å². The highest BCUT2D eigenvalue weighted by molar-refractivity contribution is 5.26. The average Bonchev–Trinajstić information content (AvgIpc) is 2.87. The Morgan fingerprint density at radius 1 is 1.15 bits per heavy atom. The highest BCUT2D eigenvalue weighted by Crippen LogP contribution is 2.10. The van der Waals surface area contributed by atoms with E-state index in [0.717, 1.165) is 19.5 Å². The minimum atomic E-state index is 0.487. The van der Waals surface area contributed by atoms with Gasteiger partial charge in [0.2, 0.25) is 0 Å². The van der Waals surface area contributed by atoms with Crippen molar-refractivity contribution in [3.05, 3.63) is 59.4 Å².